The fourth-order valence-corrected chi connectivity index (χ4v) is 5.93. The minimum atomic E-state index is -2.92. The van der Waals surface area contributed by atoms with Crippen molar-refractivity contribution in [3.63, 3.8) is 0 Å². The second-order valence-electron chi connectivity index (χ2n) is 11.6. The van der Waals surface area contributed by atoms with Gasteiger partial charge in [0.2, 0.25) is 11.8 Å². The summed E-state index contributed by atoms with van der Waals surface area (Å²) in [6.07, 6.45) is 1.97. The van der Waals surface area contributed by atoms with Gasteiger partial charge in [-0.15, -0.1) is 20.5 Å². The van der Waals surface area contributed by atoms with Gasteiger partial charge in [0.05, 0.1) is 0 Å². The molecule has 0 N–H and O–H groups in total. The van der Waals surface area contributed by atoms with Crippen molar-refractivity contribution in [3.8, 4) is 48.2 Å². The molecule has 0 saturated heterocycles. The zero-order valence-electron chi connectivity index (χ0n) is 30.5. The van der Waals surface area contributed by atoms with E-state index < -0.39 is 51.8 Å². The van der Waals surface area contributed by atoms with E-state index in [0.29, 0.717) is 25.7 Å². The normalized spacial score (nSPS) is 14.3. The topological polar surface area (TPSA) is 290 Å². The zero-order chi connectivity index (χ0) is 40.2. The molecule has 20 nitrogen and oxygen atoms in total. The van der Waals surface area contributed by atoms with Gasteiger partial charge in [0.1, 0.15) is 47.5 Å². The van der Waals surface area contributed by atoms with Crippen LogP contribution >= 0.6 is 0 Å². The number of nitriles is 6. The molecule has 1 spiro atoms. The van der Waals surface area contributed by atoms with Gasteiger partial charge in [-0.05, 0) is 26.7 Å². The number of imidazole rings is 2. The Hall–Kier alpha value is -7.94. The highest BCUT2D eigenvalue weighted by molar-refractivity contribution is 5.63. The number of rotatable bonds is 6. The molecular formula is C35H30N16O4. The SMILES string of the molecule is CC.CCCCn1c2c(c(C)c(C#N)c1=O)N=Nc1nc(C#N)c(C#N)n1C1(O2)Oc2c(c(C)c(C#N)c(=O)n2CCCC)N=Nc2nc(C#N)c(C#N)n21. The quantitative estimate of drug-likeness (QED) is 0.233. The lowest BCUT2D eigenvalue weighted by atomic mass is 10.1. The third-order valence-electron chi connectivity index (χ3n) is 8.61. The van der Waals surface area contributed by atoms with Crippen molar-refractivity contribution in [2.75, 3.05) is 0 Å². The largest absolute Gasteiger partial charge is 0.452 e. The summed E-state index contributed by atoms with van der Waals surface area (Å²) in [5.74, 6) is -1.78. The molecule has 2 aliphatic heterocycles. The van der Waals surface area contributed by atoms with Gasteiger partial charge < -0.3 is 9.47 Å². The average molecular weight is 739 g/mol. The average Bonchev–Trinajstić information content (AvgIpc) is 3.74. The summed E-state index contributed by atoms with van der Waals surface area (Å²) in [5.41, 5.74) is -4.48. The van der Waals surface area contributed by atoms with E-state index in [0.717, 1.165) is 18.3 Å². The molecule has 20 heteroatoms. The predicted octanol–water partition coefficient (Wildman–Crippen LogP) is 5.61. The third-order valence-corrected chi connectivity index (χ3v) is 8.61. The van der Waals surface area contributed by atoms with Gasteiger partial charge in [0, 0.05) is 24.2 Å². The Morgan fingerprint density at radius 3 is 1.29 bits per heavy atom. The maximum atomic E-state index is 14.0. The summed E-state index contributed by atoms with van der Waals surface area (Å²) in [4.78, 5) is 36.3. The van der Waals surface area contributed by atoms with E-state index in [1.165, 1.54) is 13.8 Å². The third kappa shape index (κ3) is 5.81. The van der Waals surface area contributed by atoms with Gasteiger partial charge in [-0.2, -0.15) is 41.5 Å². The van der Waals surface area contributed by atoms with Crippen molar-refractivity contribution in [2.24, 2.45) is 20.5 Å². The van der Waals surface area contributed by atoms with Crippen molar-refractivity contribution >= 4 is 23.3 Å². The minimum absolute atomic E-state index is 0.0307. The van der Waals surface area contributed by atoms with E-state index in [4.69, 9.17) is 9.47 Å². The molecule has 0 aliphatic carbocycles. The van der Waals surface area contributed by atoms with E-state index in [9.17, 15) is 41.2 Å². The summed E-state index contributed by atoms with van der Waals surface area (Å²) in [6, 6.07) is 8.27. The molecular weight excluding hydrogens is 708 g/mol. The van der Waals surface area contributed by atoms with Crippen molar-refractivity contribution in [2.45, 2.75) is 86.4 Å². The molecule has 0 radical (unpaired) electrons. The van der Waals surface area contributed by atoms with Gasteiger partial charge in [0.15, 0.2) is 34.2 Å². The molecule has 0 fully saturated rings. The number of hydrogen-bond donors (Lipinski definition) is 0. The minimum Gasteiger partial charge on any atom is -0.398 e. The fourth-order valence-electron chi connectivity index (χ4n) is 5.93. The van der Waals surface area contributed by atoms with Gasteiger partial charge in [-0.25, -0.2) is 9.13 Å². The van der Waals surface area contributed by atoms with Crippen LogP contribution in [0.1, 0.15) is 98.4 Å². The summed E-state index contributed by atoms with van der Waals surface area (Å²) in [6.45, 7) is 10.5. The highest BCUT2D eigenvalue weighted by Gasteiger charge is 2.53. The standard InChI is InChI=1S/C33H24N16O4.C2H6/c1-5-7-9-46-27(50)19(11-34)17(3)25-29(46)52-33(48-23(15-38)21(13-36)40-31(48)44-42-25)49-24(16-39)22(14-37)41-32(49)45-43-26-18(4)20(12-35)28(51)47(10-8-6-2)30(26)53-33;1-2/h5-10H2,1-4H3;1-2H3. The molecule has 4 aromatic heterocycles. The monoisotopic (exact) mass is 738 g/mol. The van der Waals surface area contributed by atoms with Crippen LogP contribution < -0.4 is 20.6 Å². The summed E-state index contributed by atoms with van der Waals surface area (Å²) >= 11 is 0. The molecule has 6 rings (SSSR count). The van der Waals surface area contributed by atoms with Crippen LogP contribution in [0, 0.1) is 81.8 Å². The lowest BCUT2D eigenvalue weighted by molar-refractivity contribution is -0.212. The first kappa shape index (κ1) is 38.3. The molecule has 4 aromatic rings. The maximum Gasteiger partial charge on any atom is 0.452 e. The molecule has 0 saturated carbocycles. The highest BCUT2D eigenvalue weighted by Crippen LogP contribution is 2.47. The molecule has 6 heterocycles. The predicted molar refractivity (Wildman–Crippen MR) is 188 cm³/mol. The lowest BCUT2D eigenvalue weighted by Crippen LogP contribution is -2.54. The molecule has 274 valence electrons. The molecule has 0 unspecified atom stereocenters. The van der Waals surface area contributed by atoms with Crippen LogP contribution in [0.4, 0.5) is 23.3 Å². The Bertz CT molecular complexity index is 2520. The van der Waals surface area contributed by atoms with Crippen LogP contribution in [0.25, 0.3) is 0 Å². The Kier molecular flexibility index (Phi) is 10.7. The number of ether oxygens (including phenoxy) is 2. The van der Waals surface area contributed by atoms with E-state index in [1.807, 2.05) is 64.1 Å². The van der Waals surface area contributed by atoms with Crippen LogP contribution in [0.15, 0.2) is 30.0 Å². The summed E-state index contributed by atoms with van der Waals surface area (Å²) in [7, 11) is 0. The van der Waals surface area contributed by atoms with Crippen molar-refractivity contribution < 1.29 is 9.47 Å². The smallest absolute Gasteiger partial charge is 0.398 e. The molecule has 0 amide bonds. The lowest BCUT2D eigenvalue weighted by Gasteiger charge is -2.39. The van der Waals surface area contributed by atoms with Crippen molar-refractivity contribution in [1.82, 2.24) is 28.2 Å². The summed E-state index contributed by atoms with van der Waals surface area (Å²) in [5, 5.41) is 78.5. The van der Waals surface area contributed by atoms with Crippen LogP contribution in [-0.2, 0) is 19.1 Å². The van der Waals surface area contributed by atoms with E-state index >= 15 is 0 Å². The van der Waals surface area contributed by atoms with E-state index in [1.54, 1.807) is 0 Å². The number of aromatic nitrogens is 6. The Morgan fingerprint density at radius 1 is 0.600 bits per heavy atom. The first-order valence-corrected chi connectivity index (χ1v) is 17.0. The first-order chi connectivity index (χ1) is 26.6. The number of hydrogen-bond acceptors (Lipinski definition) is 16. The zero-order valence-corrected chi connectivity index (χ0v) is 30.5. The molecule has 2 aliphatic rings. The van der Waals surface area contributed by atoms with Gasteiger partial charge >= 0.3 is 6.03 Å². The Balaban J connectivity index is 0.00000285. The van der Waals surface area contributed by atoms with Gasteiger partial charge in [-0.3, -0.25) is 18.7 Å². The second-order valence-corrected chi connectivity index (χ2v) is 11.6. The van der Waals surface area contributed by atoms with Crippen molar-refractivity contribution in [3.05, 3.63) is 65.7 Å². The van der Waals surface area contributed by atoms with E-state index in [2.05, 4.69) is 30.4 Å². The summed E-state index contributed by atoms with van der Waals surface area (Å²) < 4.78 is 17.6. The molecule has 0 bridgehead atoms. The number of fused-ring (bicyclic) bond motifs is 6. The Labute approximate surface area is 312 Å². The van der Waals surface area contributed by atoms with Crippen LogP contribution in [0.5, 0.6) is 11.8 Å². The number of unbranched alkanes of at least 4 members (excludes halogenated alkanes) is 2. The molecule has 55 heavy (non-hydrogen) atoms. The highest BCUT2D eigenvalue weighted by atomic mass is 16.7. The number of nitrogens with zero attached hydrogens (tertiary/aromatic N) is 16. The van der Waals surface area contributed by atoms with Crippen LogP contribution in [0.3, 0.4) is 0 Å². The second kappa shape index (κ2) is 15.3. The van der Waals surface area contributed by atoms with Crippen LogP contribution in [0.2, 0.25) is 0 Å². The number of azo groups is 2. The first-order valence-electron chi connectivity index (χ1n) is 17.0. The number of pyridine rings is 2. The fraction of sp³-hybridized carbons (Fsp3) is 0.371. The van der Waals surface area contributed by atoms with Crippen molar-refractivity contribution in [1.29, 1.82) is 31.6 Å². The van der Waals surface area contributed by atoms with Gasteiger partial charge in [0.25, 0.3) is 23.0 Å². The molecule has 0 aromatic carbocycles. The molecule has 0 atom stereocenters. The maximum absolute atomic E-state index is 14.0. The van der Waals surface area contributed by atoms with Crippen LogP contribution in [-0.4, -0.2) is 28.2 Å². The van der Waals surface area contributed by atoms with Gasteiger partial charge in [-0.1, -0.05) is 40.5 Å². The Morgan fingerprint density at radius 2 is 0.982 bits per heavy atom. The van der Waals surface area contributed by atoms with E-state index in [-0.39, 0.29) is 58.5 Å².